The highest BCUT2D eigenvalue weighted by Crippen LogP contribution is 2.27. The van der Waals surface area contributed by atoms with Gasteiger partial charge < -0.3 is 5.11 Å². The second-order valence-electron chi connectivity index (χ2n) is 3.88. The van der Waals surface area contributed by atoms with Crippen LogP contribution in [0.2, 0.25) is 5.02 Å². The van der Waals surface area contributed by atoms with Gasteiger partial charge in [0.1, 0.15) is 6.10 Å². The molecule has 2 rings (SSSR count). The monoisotopic (exact) mass is 254 g/mol. The van der Waals surface area contributed by atoms with E-state index in [4.69, 9.17) is 11.6 Å². The zero-order chi connectivity index (χ0) is 12.4. The summed E-state index contributed by atoms with van der Waals surface area (Å²) in [5.41, 5.74) is 1.32. The van der Waals surface area contributed by atoms with Crippen molar-refractivity contribution in [2.45, 2.75) is 26.0 Å². The molecule has 0 fully saturated rings. The van der Waals surface area contributed by atoms with Crippen molar-refractivity contribution in [3.8, 4) is 0 Å². The summed E-state index contributed by atoms with van der Waals surface area (Å²) < 4.78 is 3.37. The first-order valence-corrected chi connectivity index (χ1v) is 5.90. The number of hydrogen-bond acceptors (Lipinski definition) is 3. The maximum Gasteiger partial charge on any atom is 0.139 e. The third-order valence-corrected chi connectivity index (χ3v) is 2.96. The van der Waals surface area contributed by atoms with E-state index in [-0.39, 0.29) is 0 Å². The lowest BCUT2D eigenvalue weighted by Crippen LogP contribution is -2.13. The van der Waals surface area contributed by atoms with Crippen LogP contribution in [0, 0.1) is 0 Å². The first kappa shape index (κ1) is 12.1. The second-order valence-corrected chi connectivity index (χ2v) is 4.29. The fourth-order valence-electron chi connectivity index (χ4n) is 1.83. The standard InChI is InChI=1S/C11H15ClN4O/c1-3-6-16-10(8(12)7-14-16)11(17)9-4-5-13-15(9)2/h4-5,7,11,17H,3,6H2,1-2H3. The van der Waals surface area contributed by atoms with Crippen LogP contribution in [0.5, 0.6) is 0 Å². The molecule has 0 saturated heterocycles. The van der Waals surface area contributed by atoms with E-state index in [9.17, 15) is 5.11 Å². The van der Waals surface area contributed by atoms with Crippen molar-refractivity contribution in [3.05, 3.63) is 34.9 Å². The van der Waals surface area contributed by atoms with Gasteiger partial charge in [-0.1, -0.05) is 18.5 Å². The van der Waals surface area contributed by atoms with E-state index in [1.807, 2.05) is 0 Å². The van der Waals surface area contributed by atoms with Crippen LogP contribution in [0.25, 0.3) is 0 Å². The number of nitrogens with zero attached hydrogens (tertiary/aromatic N) is 4. The molecule has 6 heteroatoms. The Morgan fingerprint density at radius 3 is 2.82 bits per heavy atom. The molecule has 0 aliphatic heterocycles. The van der Waals surface area contributed by atoms with E-state index >= 15 is 0 Å². The summed E-state index contributed by atoms with van der Waals surface area (Å²) in [5, 5.41) is 19.0. The van der Waals surface area contributed by atoms with Gasteiger partial charge in [0.2, 0.25) is 0 Å². The van der Waals surface area contributed by atoms with Crippen molar-refractivity contribution in [1.82, 2.24) is 19.6 Å². The van der Waals surface area contributed by atoms with Gasteiger partial charge in [-0.2, -0.15) is 10.2 Å². The molecule has 5 nitrogen and oxygen atoms in total. The summed E-state index contributed by atoms with van der Waals surface area (Å²) in [5.74, 6) is 0. The Kier molecular flexibility index (Phi) is 3.49. The van der Waals surface area contributed by atoms with Gasteiger partial charge in [-0.05, 0) is 12.5 Å². The van der Waals surface area contributed by atoms with Crippen LogP contribution in [-0.2, 0) is 13.6 Å². The van der Waals surface area contributed by atoms with Crippen molar-refractivity contribution >= 4 is 11.6 Å². The fraction of sp³-hybridized carbons (Fsp3) is 0.455. The lowest BCUT2D eigenvalue weighted by Gasteiger charge is -2.14. The van der Waals surface area contributed by atoms with Crippen molar-refractivity contribution in [1.29, 1.82) is 0 Å². The molecule has 1 N–H and O–H groups in total. The fourth-order valence-corrected chi connectivity index (χ4v) is 2.07. The number of aromatic nitrogens is 4. The topological polar surface area (TPSA) is 55.9 Å². The van der Waals surface area contributed by atoms with Crippen LogP contribution in [0.1, 0.15) is 30.8 Å². The average Bonchev–Trinajstić information content (AvgIpc) is 2.86. The summed E-state index contributed by atoms with van der Waals surface area (Å²) >= 11 is 6.07. The number of aryl methyl sites for hydroxylation is 2. The first-order chi connectivity index (χ1) is 8.15. The number of rotatable bonds is 4. The van der Waals surface area contributed by atoms with Crippen LogP contribution < -0.4 is 0 Å². The second kappa shape index (κ2) is 4.89. The van der Waals surface area contributed by atoms with E-state index in [0.717, 1.165) is 13.0 Å². The molecule has 0 spiro atoms. The summed E-state index contributed by atoms with van der Waals surface area (Å²) in [6.07, 6.45) is 3.34. The minimum atomic E-state index is -0.802. The molecule has 92 valence electrons. The Morgan fingerprint density at radius 2 is 2.24 bits per heavy atom. The SMILES string of the molecule is CCCn1ncc(Cl)c1C(O)c1ccnn1C. The molecule has 0 aliphatic carbocycles. The minimum absolute atomic E-state index is 0.479. The Bertz CT molecular complexity index is 505. The molecule has 0 saturated carbocycles. The maximum absolute atomic E-state index is 10.3. The molecule has 1 atom stereocenters. The predicted octanol–water partition coefficient (Wildman–Crippen LogP) is 1.76. The molecule has 2 heterocycles. The van der Waals surface area contributed by atoms with Crippen LogP contribution in [-0.4, -0.2) is 24.7 Å². The third kappa shape index (κ3) is 2.21. The zero-order valence-electron chi connectivity index (χ0n) is 9.84. The Labute approximate surface area is 105 Å². The van der Waals surface area contributed by atoms with E-state index in [0.29, 0.717) is 16.4 Å². The van der Waals surface area contributed by atoms with Crippen molar-refractivity contribution in [3.63, 3.8) is 0 Å². The molecule has 17 heavy (non-hydrogen) atoms. The molecule has 0 amide bonds. The maximum atomic E-state index is 10.3. The highest BCUT2D eigenvalue weighted by molar-refractivity contribution is 6.31. The van der Waals surface area contributed by atoms with E-state index in [1.54, 1.807) is 34.9 Å². The van der Waals surface area contributed by atoms with Gasteiger partial charge in [0.25, 0.3) is 0 Å². The third-order valence-electron chi connectivity index (χ3n) is 2.67. The summed E-state index contributed by atoms with van der Waals surface area (Å²) in [6, 6.07) is 1.77. The summed E-state index contributed by atoms with van der Waals surface area (Å²) in [4.78, 5) is 0. The Morgan fingerprint density at radius 1 is 1.47 bits per heavy atom. The number of aliphatic hydroxyl groups excluding tert-OH is 1. The van der Waals surface area contributed by atoms with Gasteiger partial charge in [0.15, 0.2) is 0 Å². The van der Waals surface area contributed by atoms with Crippen molar-refractivity contribution < 1.29 is 5.11 Å². The lowest BCUT2D eigenvalue weighted by molar-refractivity contribution is 0.197. The van der Waals surface area contributed by atoms with Gasteiger partial charge >= 0.3 is 0 Å². The minimum Gasteiger partial charge on any atom is -0.380 e. The molecular weight excluding hydrogens is 240 g/mol. The predicted molar refractivity (Wildman–Crippen MR) is 64.8 cm³/mol. The van der Waals surface area contributed by atoms with Crippen LogP contribution in [0.4, 0.5) is 0 Å². The molecule has 0 radical (unpaired) electrons. The number of aliphatic hydroxyl groups is 1. The van der Waals surface area contributed by atoms with E-state index < -0.39 is 6.10 Å². The lowest BCUT2D eigenvalue weighted by atomic mass is 10.2. The van der Waals surface area contributed by atoms with Gasteiger partial charge in [-0.3, -0.25) is 9.36 Å². The molecule has 0 aromatic carbocycles. The Hall–Kier alpha value is -1.33. The molecule has 1 unspecified atom stereocenters. The van der Waals surface area contributed by atoms with Gasteiger partial charge in [0, 0.05) is 19.8 Å². The largest absolute Gasteiger partial charge is 0.380 e. The molecule has 2 aromatic heterocycles. The number of hydrogen-bond donors (Lipinski definition) is 1. The van der Waals surface area contributed by atoms with Crippen LogP contribution >= 0.6 is 11.6 Å². The average molecular weight is 255 g/mol. The van der Waals surface area contributed by atoms with Crippen LogP contribution in [0.3, 0.4) is 0 Å². The van der Waals surface area contributed by atoms with Gasteiger partial charge in [-0.25, -0.2) is 0 Å². The van der Waals surface area contributed by atoms with E-state index in [1.165, 1.54) is 0 Å². The molecule has 2 aromatic rings. The van der Waals surface area contributed by atoms with Crippen molar-refractivity contribution in [2.75, 3.05) is 0 Å². The quantitative estimate of drug-likeness (QED) is 0.905. The smallest absolute Gasteiger partial charge is 0.139 e. The number of halogens is 1. The molecular formula is C11H15ClN4O. The van der Waals surface area contributed by atoms with Gasteiger partial charge in [-0.15, -0.1) is 0 Å². The first-order valence-electron chi connectivity index (χ1n) is 5.52. The molecule has 0 aliphatic rings. The highest BCUT2D eigenvalue weighted by Gasteiger charge is 2.21. The summed E-state index contributed by atoms with van der Waals surface area (Å²) in [6.45, 7) is 2.78. The normalized spacial score (nSPS) is 12.9. The Balaban J connectivity index is 2.39. The van der Waals surface area contributed by atoms with Gasteiger partial charge in [0.05, 0.1) is 22.6 Å². The highest BCUT2D eigenvalue weighted by atomic mass is 35.5. The zero-order valence-corrected chi connectivity index (χ0v) is 10.6. The molecule has 0 bridgehead atoms. The van der Waals surface area contributed by atoms with E-state index in [2.05, 4.69) is 17.1 Å². The van der Waals surface area contributed by atoms with Crippen LogP contribution in [0.15, 0.2) is 18.5 Å². The van der Waals surface area contributed by atoms with Crippen molar-refractivity contribution in [2.24, 2.45) is 7.05 Å². The summed E-state index contributed by atoms with van der Waals surface area (Å²) in [7, 11) is 1.78.